The maximum absolute atomic E-state index is 12.3. The van der Waals surface area contributed by atoms with E-state index in [1.807, 2.05) is 0 Å². The van der Waals surface area contributed by atoms with E-state index in [4.69, 9.17) is 39.5 Å². The normalized spacial score (nSPS) is 10.8. The lowest BCUT2D eigenvalue weighted by molar-refractivity contribution is -0.114. The molecule has 0 aliphatic carbocycles. The van der Waals surface area contributed by atoms with Crippen LogP contribution >= 0.6 is 34.8 Å². The van der Waals surface area contributed by atoms with Gasteiger partial charge in [-0.1, -0.05) is 40.9 Å². The van der Waals surface area contributed by atoms with Crippen molar-refractivity contribution < 1.29 is 14.3 Å². The minimum Gasteiger partial charge on any atom is -0.488 e. The first kappa shape index (κ1) is 23.6. The van der Waals surface area contributed by atoms with Gasteiger partial charge in [0.2, 0.25) is 5.91 Å². The molecule has 6 nitrogen and oxygen atoms in total. The van der Waals surface area contributed by atoms with Gasteiger partial charge in [-0.2, -0.15) is 5.10 Å². The molecule has 0 saturated heterocycles. The third-order valence-corrected chi connectivity index (χ3v) is 5.03. The largest absolute Gasteiger partial charge is 0.488 e. The van der Waals surface area contributed by atoms with E-state index in [9.17, 15) is 9.59 Å². The molecule has 3 aromatic rings. The molecular weight excluding hydrogens is 473 g/mol. The first-order valence-electron chi connectivity index (χ1n) is 9.39. The summed E-state index contributed by atoms with van der Waals surface area (Å²) in [5, 5.41) is 8.16. The van der Waals surface area contributed by atoms with Crippen molar-refractivity contribution in [2.75, 3.05) is 5.32 Å². The Balaban J connectivity index is 1.66. The number of ether oxygens (including phenoxy) is 1. The van der Waals surface area contributed by atoms with Gasteiger partial charge < -0.3 is 10.1 Å². The van der Waals surface area contributed by atoms with Crippen LogP contribution in [-0.4, -0.2) is 18.0 Å². The van der Waals surface area contributed by atoms with Gasteiger partial charge in [0.15, 0.2) is 0 Å². The molecule has 0 heterocycles. The average molecular weight is 491 g/mol. The first-order valence-corrected chi connectivity index (χ1v) is 10.5. The van der Waals surface area contributed by atoms with E-state index < -0.39 is 5.91 Å². The van der Waals surface area contributed by atoms with Crippen LogP contribution in [0.2, 0.25) is 15.1 Å². The molecule has 2 amide bonds. The fourth-order valence-corrected chi connectivity index (χ4v) is 3.32. The molecule has 164 valence electrons. The Hall–Kier alpha value is -3.06. The van der Waals surface area contributed by atoms with Crippen molar-refractivity contribution in [2.45, 2.75) is 13.5 Å². The smallest absolute Gasteiger partial charge is 0.271 e. The van der Waals surface area contributed by atoms with Crippen molar-refractivity contribution in [2.24, 2.45) is 5.10 Å². The average Bonchev–Trinajstić information content (AvgIpc) is 2.74. The Labute approximate surface area is 200 Å². The fraction of sp³-hybridized carbons (Fsp3) is 0.0870. The van der Waals surface area contributed by atoms with E-state index in [2.05, 4.69) is 15.8 Å². The third kappa shape index (κ3) is 6.72. The van der Waals surface area contributed by atoms with Crippen molar-refractivity contribution >= 4 is 58.5 Å². The lowest BCUT2D eigenvalue weighted by atomic mass is 10.2. The zero-order valence-corrected chi connectivity index (χ0v) is 19.1. The second-order valence-electron chi connectivity index (χ2n) is 6.66. The van der Waals surface area contributed by atoms with E-state index in [0.29, 0.717) is 37.6 Å². The number of anilines is 1. The quantitative estimate of drug-likeness (QED) is 0.317. The highest BCUT2D eigenvalue weighted by atomic mass is 35.5. The molecule has 0 saturated carbocycles. The zero-order chi connectivity index (χ0) is 23.1. The predicted octanol–water partition coefficient (Wildman–Crippen LogP) is 5.95. The van der Waals surface area contributed by atoms with Crippen LogP contribution < -0.4 is 15.5 Å². The molecule has 0 atom stereocenters. The summed E-state index contributed by atoms with van der Waals surface area (Å²) in [6, 6.07) is 16.6. The summed E-state index contributed by atoms with van der Waals surface area (Å²) in [4.78, 5) is 23.4. The number of hydrazone groups is 1. The summed E-state index contributed by atoms with van der Waals surface area (Å²) in [7, 11) is 0. The second kappa shape index (κ2) is 11.0. The Morgan fingerprint density at radius 3 is 2.34 bits per heavy atom. The van der Waals surface area contributed by atoms with Crippen molar-refractivity contribution in [1.29, 1.82) is 0 Å². The molecule has 0 radical (unpaired) electrons. The van der Waals surface area contributed by atoms with E-state index >= 15 is 0 Å². The van der Waals surface area contributed by atoms with Gasteiger partial charge in [-0.15, -0.1) is 0 Å². The van der Waals surface area contributed by atoms with Crippen molar-refractivity contribution in [1.82, 2.24) is 5.43 Å². The minimum atomic E-state index is -0.409. The van der Waals surface area contributed by atoms with Crippen LogP contribution in [0.15, 0.2) is 65.8 Å². The third-order valence-electron chi connectivity index (χ3n) is 4.21. The summed E-state index contributed by atoms with van der Waals surface area (Å²) >= 11 is 18.2. The molecule has 0 spiro atoms. The molecule has 0 unspecified atom stereocenters. The Morgan fingerprint density at radius 2 is 1.66 bits per heavy atom. The zero-order valence-electron chi connectivity index (χ0n) is 16.9. The number of nitrogens with one attached hydrogen (secondary N) is 2. The lowest BCUT2D eigenvalue weighted by Crippen LogP contribution is -2.17. The highest BCUT2D eigenvalue weighted by Gasteiger charge is 2.08. The van der Waals surface area contributed by atoms with Gasteiger partial charge in [-0.05, 0) is 54.6 Å². The standard InChI is InChI=1S/C23H18Cl3N3O3/c1-14(30)28-20-7-3-15(4-8-20)23(31)29-27-12-17-10-18(24)6-9-22(17)32-13-16-2-5-19(25)11-21(16)26/h2-12H,13H2,1H3,(H,28,30)(H,29,31)/b27-12-. The summed E-state index contributed by atoms with van der Waals surface area (Å²) in [6.45, 7) is 1.62. The SMILES string of the molecule is CC(=O)Nc1ccc(C(=O)N/N=C\c2cc(Cl)ccc2OCc2ccc(Cl)cc2Cl)cc1. The Kier molecular flexibility index (Phi) is 8.11. The van der Waals surface area contributed by atoms with Crippen molar-refractivity contribution in [3.8, 4) is 5.75 Å². The number of hydrogen-bond acceptors (Lipinski definition) is 4. The van der Waals surface area contributed by atoms with E-state index in [0.717, 1.165) is 5.56 Å². The van der Waals surface area contributed by atoms with Crippen LogP contribution in [0.5, 0.6) is 5.75 Å². The van der Waals surface area contributed by atoms with Crippen molar-refractivity contribution in [3.63, 3.8) is 0 Å². The van der Waals surface area contributed by atoms with Crippen LogP contribution in [0, 0.1) is 0 Å². The number of hydrogen-bond donors (Lipinski definition) is 2. The monoisotopic (exact) mass is 489 g/mol. The summed E-state index contributed by atoms with van der Waals surface area (Å²) in [5.74, 6) is -0.0872. The van der Waals surface area contributed by atoms with Gasteiger partial charge in [-0.25, -0.2) is 5.43 Å². The molecule has 3 aromatic carbocycles. The molecule has 0 bridgehead atoms. The Morgan fingerprint density at radius 1 is 0.969 bits per heavy atom. The summed E-state index contributed by atoms with van der Waals surface area (Å²) in [5.41, 5.74) is 4.78. The highest BCUT2D eigenvalue weighted by molar-refractivity contribution is 6.35. The van der Waals surface area contributed by atoms with Gasteiger partial charge in [0.25, 0.3) is 5.91 Å². The number of carbonyl (C=O) groups excluding carboxylic acids is 2. The summed E-state index contributed by atoms with van der Waals surface area (Å²) < 4.78 is 5.86. The maximum atomic E-state index is 12.3. The summed E-state index contributed by atoms with van der Waals surface area (Å²) in [6.07, 6.45) is 1.44. The van der Waals surface area contributed by atoms with E-state index in [1.54, 1.807) is 60.7 Å². The Bertz CT molecular complexity index is 1160. The maximum Gasteiger partial charge on any atom is 0.271 e. The molecule has 3 rings (SSSR count). The van der Waals surface area contributed by atoms with Crippen LogP contribution in [0.1, 0.15) is 28.4 Å². The van der Waals surface area contributed by atoms with Gasteiger partial charge in [0.1, 0.15) is 12.4 Å². The molecule has 0 aliphatic heterocycles. The van der Waals surface area contributed by atoms with Crippen LogP contribution in [0.4, 0.5) is 5.69 Å². The number of amides is 2. The van der Waals surface area contributed by atoms with Crippen LogP contribution in [0.25, 0.3) is 0 Å². The molecule has 9 heteroatoms. The van der Waals surface area contributed by atoms with Crippen LogP contribution in [-0.2, 0) is 11.4 Å². The lowest BCUT2D eigenvalue weighted by Gasteiger charge is -2.11. The molecule has 0 fully saturated rings. The van der Waals surface area contributed by atoms with Crippen LogP contribution in [0.3, 0.4) is 0 Å². The number of carbonyl (C=O) groups is 2. The van der Waals surface area contributed by atoms with Gasteiger partial charge in [0, 0.05) is 44.4 Å². The predicted molar refractivity (Wildman–Crippen MR) is 128 cm³/mol. The second-order valence-corrected chi connectivity index (χ2v) is 7.94. The number of rotatable bonds is 7. The van der Waals surface area contributed by atoms with E-state index in [1.165, 1.54) is 13.1 Å². The number of benzene rings is 3. The minimum absolute atomic E-state index is 0.190. The molecule has 0 aromatic heterocycles. The van der Waals surface area contributed by atoms with Gasteiger partial charge in [-0.3, -0.25) is 9.59 Å². The fourth-order valence-electron chi connectivity index (χ4n) is 2.68. The van der Waals surface area contributed by atoms with E-state index in [-0.39, 0.29) is 12.5 Å². The first-order chi connectivity index (χ1) is 15.3. The number of halogens is 3. The number of nitrogens with zero attached hydrogens (tertiary/aromatic N) is 1. The van der Waals surface area contributed by atoms with Crippen molar-refractivity contribution in [3.05, 3.63) is 92.4 Å². The molecule has 32 heavy (non-hydrogen) atoms. The van der Waals surface area contributed by atoms with Gasteiger partial charge in [0.05, 0.1) is 6.21 Å². The highest BCUT2D eigenvalue weighted by Crippen LogP contribution is 2.25. The van der Waals surface area contributed by atoms with Gasteiger partial charge >= 0.3 is 0 Å². The molecular formula is C23H18Cl3N3O3. The molecule has 2 N–H and O–H groups in total. The molecule has 0 aliphatic rings. The topological polar surface area (TPSA) is 79.8 Å².